The highest BCUT2D eigenvalue weighted by molar-refractivity contribution is 9.10. The van der Waals surface area contributed by atoms with E-state index in [0.717, 1.165) is 0 Å². The molecule has 0 rings (SSSR count). The Balaban J connectivity index is 4.57. The van der Waals surface area contributed by atoms with E-state index in [1.165, 1.54) is 6.92 Å². The van der Waals surface area contributed by atoms with Gasteiger partial charge < -0.3 is 9.47 Å². The largest absolute Gasteiger partial charge is 0.466 e. The van der Waals surface area contributed by atoms with Gasteiger partial charge >= 0.3 is 11.9 Å². The van der Waals surface area contributed by atoms with Crippen molar-refractivity contribution in [3.05, 3.63) is 0 Å². The minimum atomic E-state index is -1.45. The second-order valence-electron chi connectivity index (χ2n) is 3.38. The molecule has 0 saturated heterocycles. The third kappa shape index (κ3) is 4.85. The average molecular weight is 309 g/mol. The van der Waals surface area contributed by atoms with Gasteiger partial charge in [0, 0.05) is 6.42 Å². The highest BCUT2D eigenvalue weighted by Gasteiger charge is 2.42. The maximum absolute atomic E-state index is 11.6. The van der Waals surface area contributed by atoms with Gasteiger partial charge in [0.25, 0.3) is 0 Å². The van der Waals surface area contributed by atoms with Crippen LogP contribution in [0.15, 0.2) is 0 Å². The Kier molecular flexibility index (Phi) is 7.03. The van der Waals surface area contributed by atoms with Crippen molar-refractivity contribution >= 4 is 33.7 Å². The molecule has 0 fully saturated rings. The molecule has 98 valence electrons. The number of esters is 2. The first-order chi connectivity index (χ1) is 7.88. The molecule has 0 bridgehead atoms. The van der Waals surface area contributed by atoms with Gasteiger partial charge in [-0.05, 0) is 27.2 Å². The van der Waals surface area contributed by atoms with E-state index in [-0.39, 0.29) is 31.8 Å². The standard InChI is InChI=1S/C11H17BrO5/c1-4-16-9(14)6-7-11(12,8(3)13)10(15)17-5-2/h4-7H2,1-3H3. The molecule has 0 N–H and O–H groups in total. The van der Waals surface area contributed by atoms with E-state index in [1.54, 1.807) is 13.8 Å². The molecule has 1 unspecified atom stereocenters. The molecule has 0 spiro atoms. The van der Waals surface area contributed by atoms with E-state index in [1.807, 2.05) is 0 Å². The number of carbonyl (C=O) groups excluding carboxylic acids is 3. The molecule has 0 heterocycles. The van der Waals surface area contributed by atoms with Crippen LogP contribution in [0.1, 0.15) is 33.6 Å². The van der Waals surface area contributed by atoms with Crippen molar-refractivity contribution in [1.82, 2.24) is 0 Å². The third-order valence-corrected chi connectivity index (χ3v) is 3.41. The summed E-state index contributed by atoms with van der Waals surface area (Å²) in [5.41, 5.74) is 0. The monoisotopic (exact) mass is 308 g/mol. The summed E-state index contributed by atoms with van der Waals surface area (Å²) in [6.07, 6.45) is 0.0114. The zero-order valence-corrected chi connectivity index (χ0v) is 11.8. The van der Waals surface area contributed by atoms with E-state index < -0.39 is 16.3 Å². The predicted octanol–water partition coefficient (Wildman–Crippen LogP) is 1.62. The van der Waals surface area contributed by atoms with Crippen molar-refractivity contribution in [2.45, 2.75) is 37.9 Å². The lowest BCUT2D eigenvalue weighted by Gasteiger charge is -2.21. The van der Waals surface area contributed by atoms with Crippen molar-refractivity contribution in [3.63, 3.8) is 0 Å². The number of ether oxygens (including phenoxy) is 2. The summed E-state index contributed by atoms with van der Waals surface area (Å²) in [6.45, 7) is 5.07. The molecule has 0 saturated carbocycles. The summed E-state index contributed by atoms with van der Waals surface area (Å²) in [4.78, 5) is 34.3. The molecule has 6 heteroatoms. The van der Waals surface area contributed by atoms with E-state index >= 15 is 0 Å². The number of hydrogen-bond donors (Lipinski definition) is 0. The summed E-state index contributed by atoms with van der Waals surface area (Å²) >= 11 is 3.06. The predicted molar refractivity (Wildman–Crippen MR) is 64.8 cm³/mol. The number of hydrogen-bond acceptors (Lipinski definition) is 5. The molecule has 5 nitrogen and oxygen atoms in total. The van der Waals surface area contributed by atoms with Gasteiger partial charge in [0.15, 0.2) is 10.1 Å². The lowest BCUT2D eigenvalue weighted by Crippen LogP contribution is -2.41. The minimum absolute atomic E-state index is 0.0164. The molecular weight excluding hydrogens is 292 g/mol. The Morgan fingerprint density at radius 1 is 1.12 bits per heavy atom. The molecule has 1 atom stereocenters. The second kappa shape index (κ2) is 7.42. The van der Waals surface area contributed by atoms with Gasteiger partial charge in [-0.2, -0.15) is 0 Å². The fraction of sp³-hybridized carbons (Fsp3) is 0.727. The fourth-order valence-electron chi connectivity index (χ4n) is 1.17. The van der Waals surface area contributed by atoms with Crippen LogP contribution < -0.4 is 0 Å². The number of carbonyl (C=O) groups is 3. The normalized spacial score (nSPS) is 13.6. The molecule has 0 radical (unpaired) electrons. The number of halogens is 1. The third-order valence-electron chi connectivity index (χ3n) is 2.14. The van der Waals surface area contributed by atoms with E-state index in [0.29, 0.717) is 0 Å². The summed E-state index contributed by atoms with van der Waals surface area (Å²) < 4.78 is 8.09. The van der Waals surface area contributed by atoms with Crippen molar-refractivity contribution in [3.8, 4) is 0 Å². The van der Waals surface area contributed by atoms with Crippen LogP contribution in [-0.4, -0.2) is 35.3 Å². The van der Waals surface area contributed by atoms with Gasteiger partial charge in [0.1, 0.15) is 0 Å². The Morgan fingerprint density at radius 2 is 1.65 bits per heavy atom. The van der Waals surface area contributed by atoms with Crippen LogP contribution in [-0.2, 0) is 23.9 Å². The maximum atomic E-state index is 11.6. The van der Waals surface area contributed by atoms with Gasteiger partial charge in [0.05, 0.1) is 13.2 Å². The van der Waals surface area contributed by atoms with Crippen LogP contribution in [0.4, 0.5) is 0 Å². The average Bonchev–Trinajstić information content (AvgIpc) is 2.26. The van der Waals surface area contributed by atoms with Gasteiger partial charge in [-0.1, -0.05) is 15.9 Å². The van der Waals surface area contributed by atoms with Crippen LogP contribution in [0.25, 0.3) is 0 Å². The molecule has 0 aromatic carbocycles. The summed E-state index contributed by atoms with van der Waals surface area (Å²) in [5, 5.41) is 0. The highest BCUT2D eigenvalue weighted by atomic mass is 79.9. The molecule has 0 amide bonds. The van der Waals surface area contributed by atoms with Crippen molar-refractivity contribution in [2.24, 2.45) is 0 Å². The van der Waals surface area contributed by atoms with Crippen LogP contribution in [0.3, 0.4) is 0 Å². The fourth-order valence-corrected chi connectivity index (χ4v) is 1.49. The molecule has 17 heavy (non-hydrogen) atoms. The Hall–Kier alpha value is -0.910. The topological polar surface area (TPSA) is 69.7 Å². The molecule has 0 aliphatic rings. The molecular formula is C11H17BrO5. The van der Waals surface area contributed by atoms with Crippen molar-refractivity contribution in [1.29, 1.82) is 0 Å². The molecule has 0 aliphatic carbocycles. The molecule has 0 aliphatic heterocycles. The van der Waals surface area contributed by atoms with Crippen LogP contribution in [0.2, 0.25) is 0 Å². The molecule has 0 aromatic heterocycles. The zero-order valence-electron chi connectivity index (χ0n) is 10.2. The first-order valence-corrected chi connectivity index (χ1v) is 6.20. The van der Waals surface area contributed by atoms with Gasteiger partial charge in [-0.25, -0.2) is 0 Å². The van der Waals surface area contributed by atoms with Crippen LogP contribution in [0, 0.1) is 0 Å². The smallest absolute Gasteiger partial charge is 0.330 e. The Bertz CT molecular complexity index is 302. The second-order valence-corrected chi connectivity index (χ2v) is 4.74. The summed E-state index contributed by atoms with van der Waals surface area (Å²) in [7, 11) is 0. The lowest BCUT2D eigenvalue weighted by atomic mass is 9.99. The van der Waals surface area contributed by atoms with Gasteiger partial charge in [-0.15, -0.1) is 0 Å². The van der Waals surface area contributed by atoms with Crippen LogP contribution >= 0.6 is 15.9 Å². The van der Waals surface area contributed by atoms with Crippen molar-refractivity contribution in [2.75, 3.05) is 13.2 Å². The summed E-state index contributed by atoms with van der Waals surface area (Å²) in [6, 6.07) is 0. The molecule has 0 aromatic rings. The lowest BCUT2D eigenvalue weighted by molar-refractivity contribution is -0.149. The first kappa shape index (κ1) is 16.1. The zero-order chi connectivity index (χ0) is 13.5. The minimum Gasteiger partial charge on any atom is -0.466 e. The van der Waals surface area contributed by atoms with Gasteiger partial charge in [0.2, 0.25) is 0 Å². The maximum Gasteiger partial charge on any atom is 0.330 e. The Morgan fingerprint density at radius 3 is 2.06 bits per heavy atom. The van der Waals surface area contributed by atoms with Crippen molar-refractivity contribution < 1.29 is 23.9 Å². The Labute approximate surface area is 109 Å². The van der Waals surface area contributed by atoms with Crippen LogP contribution in [0.5, 0.6) is 0 Å². The van der Waals surface area contributed by atoms with E-state index in [4.69, 9.17) is 9.47 Å². The number of rotatable bonds is 7. The number of ketones is 1. The summed E-state index contributed by atoms with van der Waals surface area (Å²) in [5.74, 6) is -1.50. The SMILES string of the molecule is CCOC(=O)CCC(Br)(C(C)=O)C(=O)OCC. The highest BCUT2D eigenvalue weighted by Crippen LogP contribution is 2.27. The number of alkyl halides is 1. The van der Waals surface area contributed by atoms with E-state index in [2.05, 4.69) is 15.9 Å². The van der Waals surface area contributed by atoms with Gasteiger partial charge in [-0.3, -0.25) is 14.4 Å². The first-order valence-electron chi connectivity index (χ1n) is 5.41. The number of Topliss-reactive ketones (excluding diaryl/α,β-unsaturated/α-hetero) is 1. The quantitative estimate of drug-likeness (QED) is 0.406. The van der Waals surface area contributed by atoms with E-state index in [9.17, 15) is 14.4 Å².